The number of phenolic OH excluding ortho intramolecular Hbond substituents is 10. The molecule has 12 saturated carbocycles. The molecule has 13 N–H and O–H groups in total. The normalized spacial score (nSPS) is 39.9. The molecule has 12 fully saturated rings. The van der Waals surface area contributed by atoms with Crippen LogP contribution in [0.1, 0.15) is 336 Å². The Kier molecular flexibility index (Phi) is 22.2. The molecule has 27 unspecified atom stereocenters. The number of hydrogen-bond acceptors (Lipinski definition) is 16. The molecule has 0 aliphatic heterocycles. The molecule has 0 radical (unpaired) electrons. The zero-order valence-electron chi connectivity index (χ0n) is 74.2. The standard InChI is InChI=1S/C18H24O3.C18H22O3.C18H24O3.C18H22O3.C18H24O2.C18H22O2/c2*1-18-9-8-11-10-4-6-15(19)17(21)13(10)3-2-12(11)14(18)5-7-16(18)20;2*1-18-7-6-11-12(14(18)4-5-17(18)21)3-2-10-8-15(19)16(20)9-13(10)11;2*1-18-9-8-14-13-5-3-12(19)10-11(13)2-4-15(14)16(18)6-7-17(18)20/h4,6,11-12,14,16,19-21H,2-3,5,7-9H2,1H3;4,6,11-12,14,19,21H,2-3,5,7-9H2,1H3;8-9,11-12,14,17,19-21H,2-7H2,1H3;8-9,11-12,14,19-20H,2-7H2,1H3;3,5,10,14-17,19-20H,2,4,6-9H2,1H3;3,5,10,14-16,19H,2,4,6-9H2,1H3. The first-order valence-electron chi connectivity index (χ1n) is 48.7. The van der Waals surface area contributed by atoms with Crippen LogP contribution in [-0.2, 0) is 52.9 Å². The highest BCUT2D eigenvalue weighted by Gasteiger charge is 2.61. The zero-order chi connectivity index (χ0) is 86.9. The number of phenols is 10. The first kappa shape index (κ1) is 85.6. The molecule has 0 bridgehead atoms. The van der Waals surface area contributed by atoms with Crippen molar-refractivity contribution >= 4 is 17.3 Å². The molecular weight excluding hydrogens is 1550 g/mol. The van der Waals surface area contributed by atoms with E-state index in [4.69, 9.17) is 0 Å². The van der Waals surface area contributed by atoms with Crippen molar-refractivity contribution in [1.82, 2.24) is 0 Å². The number of fused-ring (bicyclic) bond motifs is 30. The lowest BCUT2D eigenvalue weighted by Crippen LogP contribution is -2.43. The lowest BCUT2D eigenvalue weighted by molar-refractivity contribution is -0.130. The van der Waals surface area contributed by atoms with Gasteiger partial charge in [-0.15, -0.1) is 0 Å². The average molecular weight is 1690 g/mol. The van der Waals surface area contributed by atoms with Gasteiger partial charge in [0.15, 0.2) is 46.0 Å². The predicted octanol–water partition coefficient (Wildman–Crippen LogP) is 21.1. The number of carbonyl (C=O) groups excluding carboxylic acids is 3. The summed E-state index contributed by atoms with van der Waals surface area (Å²) in [6.45, 7) is 13.4. The van der Waals surface area contributed by atoms with Crippen LogP contribution < -0.4 is 0 Å². The van der Waals surface area contributed by atoms with Crippen molar-refractivity contribution in [3.63, 3.8) is 0 Å². The molecule has 6 aromatic carbocycles. The van der Waals surface area contributed by atoms with Crippen LogP contribution in [0.15, 0.2) is 84.9 Å². The van der Waals surface area contributed by atoms with Gasteiger partial charge in [-0.1, -0.05) is 65.8 Å². The fraction of sp³-hybridized carbons (Fsp3) is 0.639. The lowest BCUT2D eigenvalue weighted by atomic mass is 9.55. The number of hydrogen-bond donors (Lipinski definition) is 13. The van der Waals surface area contributed by atoms with Gasteiger partial charge < -0.3 is 66.4 Å². The van der Waals surface area contributed by atoms with E-state index in [9.17, 15) is 80.8 Å². The second kappa shape index (κ2) is 32.1. The Morgan fingerprint density at radius 1 is 0.242 bits per heavy atom. The van der Waals surface area contributed by atoms with Gasteiger partial charge in [-0.25, -0.2) is 0 Å². The maximum atomic E-state index is 12.3. The van der Waals surface area contributed by atoms with E-state index in [1.165, 1.54) is 81.3 Å². The highest BCUT2D eigenvalue weighted by Crippen LogP contribution is 2.68. The first-order chi connectivity index (χ1) is 59.2. The van der Waals surface area contributed by atoms with Crippen LogP contribution in [-0.4, -0.2) is 102 Å². The van der Waals surface area contributed by atoms with Gasteiger partial charge in [-0.05, 0) is 451 Å². The minimum atomic E-state index is -0.141. The Bertz CT molecular complexity index is 5060. The summed E-state index contributed by atoms with van der Waals surface area (Å²) in [6, 6.07) is 26.1. The molecule has 16 nitrogen and oxygen atoms in total. The summed E-state index contributed by atoms with van der Waals surface area (Å²) >= 11 is 0. The summed E-state index contributed by atoms with van der Waals surface area (Å²) in [5.41, 5.74) is 14.9. The van der Waals surface area contributed by atoms with Crippen LogP contribution in [0.2, 0.25) is 0 Å². The Labute approximate surface area is 733 Å². The van der Waals surface area contributed by atoms with E-state index in [2.05, 4.69) is 53.7 Å². The third-order valence-electron chi connectivity index (χ3n) is 39.8. The molecule has 0 aromatic heterocycles. The Balaban J connectivity index is 0.0000000976. The number of aryl methyl sites for hydroxylation is 4. The van der Waals surface area contributed by atoms with Gasteiger partial charge >= 0.3 is 0 Å². The summed E-state index contributed by atoms with van der Waals surface area (Å²) < 4.78 is 0. The van der Waals surface area contributed by atoms with Crippen LogP contribution in [0.4, 0.5) is 0 Å². The molecule has 18 aliphatic rings. The van der Waals surface area contributed by atoms with E-state index in [0.717, 1.165) is 223 Å². The van der Waals surface area contributed by atoms with E-state index in [0.29, 0.717) is 129 Å². The lowest BCUT2D eigenvalue weighted by Gasteiger charge is -2.50. The Hall–Kier alpha value is -7.79. The fourth-order valence-corrected chi connectivity index (χ4v) is 32.8. The van der Waals surface area contributed by atoms with Crippen molar-refractivity contribution in [2.45, 2.75) is 327 Å². The van der Waals surface area contributed by atoms with Crippen LogP contribution in [0.25, 0.3) is 0 Å². The monoisotopic (exact) mass is 1690 g/mol. The van der Waals surface area contributed by atoms with E-state index in [-0.39, 0.29) is 96.8 Å². The average Bonchev–Trinajstić information content (AvgIpc) is 1.45. The summed E-state index contributed by atoms with van der Waals surface area (Å²) in [5, 5.41) is 129. The molecule has 0 heterocycles. The van der Waals surface area contributed by atoms with Gasteiger partial charge in [0, 0.05) is 46.6 Å². The quantitative estimate of drug-likeness (QED) is 0.0629. The topological polar surface area (TPSA) is 314 Å². The third kappa shape index (κ3) is 13.9. The smallest absolute Gasteiger partial charge is 0.160 e. The van der Waals surface area contributed by atoms with Gasteiger partial charge in [0.2, 0.25) is 0 Å². The molecule has 18 aliphatic carbocycles. The molecule has 666 valence electrons. The van der Waals surface area contributed by atoms with Crippen molar-refractivity contribution in [2.75, 3.05) is 0 Å². The zero-order valence-corrected chi connectivity index (χ0v) is 74.2. The number of aliphatic hydroxyl groups excluding tert-OH is 3. The van der Waals surface area contributed by atoms with E-state index in [1.54, 1.807) is 36.4 Å². The van der Waals surface area contributed by atoms with Crippen LogP contribution >= 0.6 is 0 Å². The highest BCUT2D eigenvalue weighted by atomic mass is 16.3. The largest absolute Gasteiger partial charge is 0.508 e. The minimum absolute atomic E-state index is 0.00383. The number of ketones is 3. The van der Waals surface area contributed by atoms with Crippen LogP contribution in [0.3, 0.4) is 0 Å². The highest BCUT2D eigenvalue weighted by molar-refractivity contribution is 5.88. The van der Waals surface area contributed by atoms with Crippen LogP contribution in [0.5, 0.6) is 57.5 Å². The van der Waals surface area contributed by atoms with Crippen molar-refractivity contribution < 1.29 is 80.8 Å². The van der Waals surface area contributed by atoms with Crippen molar-refractivity contribution in [2.24, 2.45) is 104 Å². The Morgan fingerprint density at radius 2 is 0.508 bits per heavy atom. The maximum Gasteiger partial charge on any atom is 0.160 e. The molecule has 0 spiro atoms. The third-order valence-corrected chi connectivity index (χ3v) is 39.8. The summed E-state index contributed by atoms with van der Waals surface area (Å²) in [7, 11) is 0. The number of aromatic hydroxyl groups is 10. The van der Waals surface area contributed by atoms with Gasteiger partial charge in [0.1, 0.15) is 28.8 Å². The molecule has 16 heteroatoms. The van der Waals surface area contributed by atoms with Crippen molar-refractivity contribution in [3.05, 3.63) is 152 Å². The van der Waals surface area contributed by atoms with Crippen molar-refractivity contribution in [1.29, 1.82) is 0 Å². The molecule has 27 atom stereocenters. The molecular formula is C108H138O16. The predicted molar refractivity (Wildman–Crippen MR) is 476 cm³/mol. The number of aliphatic hydroxyl groups is 3. The molecule has 124 heavy (non-hydrogen) atoms. The van der Waals surface area contributed by atoms with Crippen molar-refractivity contribution in [3.8, 4) is 57.5 Å². The molecule has 6 aromatic rings. The van der Waals surface area contributed by atoms with E-state index < -0.39 is 0 Å². The van der Waals surface area contributed by atoms with Gasteiger partial charge in [-0.2, -0.15) is 0 Å². The first-order valence-corrected chi connectivity index (χ1v) is 48.7. The number of benzene rings is 6. The fourth-order valence-electron chi connectivity index (χ4n) is 32.8. The van der Waals surface area contributed by atoms with Gasteiger partial charge in [0.25, 0.3) is 0 Å². The second-order valence-electron chi connectivity index (χ2n) is 44.5. The van der Waals surface area contributed by atoms with E-state index in [1.807, 2.05) is 36.4 Å². The number of carbonyl (C=O) groups is 3. The minimum Gasteiger partial charge on any atom is -0.508 e. The number of rotatable bonds is 0. The molecule has 24 rings (SSSR count). The van der Waals surface area contributed by atoms with Gasteiger partial charge in [0.05, 0.1) is 18.3 Å². The molecule has 0 amide bonds. The van der Waals surface area contributed by atoms with E-state index >= 15 is 0 Å². The maximum absolute atomic E-state index is 12.3. The summed E-state index contributed by atoms with van der Waals surface area (Å²) in [6.07, 6.45) is 36.8. The molecule has 0 saturated heterocycles. The number of Topliss-reactive ketones (excluding diaryl/α,β-unsaturated/α-hetero) is 3. The SMILES string of the molecule is CC12CCC3c4cc(O)c(O)cc4CCC3C1CCC2=O.CC12CCC3c4cc(O)c(O)cc4CCC3C1CCC2O.CC12CCC3c4ccc(O)c(O)c4CCC3C1CCC2=O.CC12CCC3c4ccc(O)c(O)c4CCC3C1CCC2O.CC12CCC3c4ccc(O)cc4CCC3C1CCC2=O.CC12CCC3c4ccc(O)cc4CCC3C1CCC2O. The second-order valence-corrected chi connectivity index (χ2v) is 44.5. The van der Waals surface area contributed by atoms with Crippen LogP contribution in [0, 0.1) is 104 Å². The van der Waals surface area contributed by atoms with Gasteiger partial charge in [-0.3, -0.25) is 14.4 Å². The summed E-state index contributed by atoms with van der Waals surface area (Å²) in [4.78, 5) is 36.8. The Morgan fingerprint density at radius 3 is 0.839 bits per heavy atom. The summed E-state index contributed by atoms with van der Waals surface area (Å²) in [5.74, 6) is 12.8.